The van der Waals surface area contributed by atoms with Crippen molar-refractivity contribution >= 4 is 23.5 Å². The molecule has 0 spiro atoms. The first-order valence-corrected chi connectivity index (χ1v) is 12.6. The Morgan fingerprint density at radius 1 is 1.06 bits per heavy atom. The van der Waals surface area contributed by atoms with Gasteiger partial charge in [0.15, 0.2) is 0 Å². The Balaban J connectivity index is 1.39. The zero-order valence-electron chi connectivity index (χ0n) is 18.7. The molecule has 1 amide bonds. The molecule has 4 nitrogen and oxygen atoms in total. The van der Waals surface area contributed by atoms with Gasteiger partial charge >= 0.3 is 5.97 Å². The van der Waals surface area contributed by atoms with Crippen LogP contribution in [0.1, 0.15) is 75.6 Å². The molecule has 0 unspecified atom stereocenters. The van der Waals surface area contributed by atoms with Crippen molar-refractivity contribution in [2.45, 2.75) is 82.9 Å². The van der Waals surface area contributed by atoms with Gasteiger partial charge in [0.1, 0.15) is 6.10 Å². The van der Waals surface area contributed by atoms with E-state index in [-0.39, 0.29) is 29.1 Å². The number of fused-ring (bicyclic) bond motifs is 5. The summed E-state index contributed by atoms with van der Waals surface area (Å²) in [4.78, 5) is 28.1. The number of nitrogens with zero attached hydrogens (tertiary/aromatic N) is 1. The molecule has 2 aliphatic carbocycles. The number of amides is 1. The fraction of sp³-hybridized carbons (Fsp3) is 0.692. The Morgan fingerprint density at radius 2 is 1.84 bits per heavy atom. The van der Waals surface area contributed by atoms with Gasteiger partial charge < -0.3 is 9.64 Å². The van der Waals surface area contributed by atoms with Gasteiger partial charge in [0.05, 0.1) is 5.56 Å². The minimum atomic E-state index is -0.204. The molecule has 4 fully saturated rings. The topological polar surface area (TPSA) is 46.6 Å². The van der Waals surface area contributed by atoms with Crippen LogP contribution in [0.4, 0.5) is 0 Å². The predicted octanol–water partition coefficient (Wildman–Crippen LogP) is 5.44. The molecule has 2 saturated carbocycles. The number of esters is 1. The first kappa shape index (κ1) is 21.3. The van der Waals surface area contributed by atoms with Crippen LogP contribution in [0.15, 0.2) is 30.3 Å². The molecular formula is C26H34ClNO3. The molecule has 0 N–H and O–H groups in total. The van der Waals surface area contributed by atoms with E-state index in [4.69, 9.17) is 16.3 Å². The molecule has 0 radical (unpaired) electrons. The van der Waals surface area contributed by atoms with E-state index in [0.717, 1.165) is 44.9 Å². The van der Waals surface area contributed by atoms with Crippen molar-refractivity contribution in [3.05, 3.63) is 35.9 Å². The maximum Gasteiger partial charge on any atom is 0.338 e. The van der Waals surface area contributed by atoms with Gasteiger partial charge in [-0.15, -0.1) is 11.6 Å². The Hall–Kier alpha value is -1.55. The number of carbonyl (C=O) groups excluding carboxylic acids is 2. The molecule has 0 aromatic heterocycles. The lowest BCUT2D eigenvalue weighted by Gasteiger charge is -2.53. The summed E-state index contributed by atoms with van der Waals surface area (Å²) < 4.78 is 6.11. The van der Waals surface area contributed by atoms with Gasteiger partial charge in [-0.2, -0.15) is 0 Å². The van der Waals surface area contributed by atoms with E-state index >= 15 is 0 Å². The number of hydrogen-bond donors (Lipinski definition) is 0. The zero-order valence-corrected chi connectivity index (χ0v) is 19.4. The van der Waals surface area contributed by atoms with Crippen LogP contribution in [0, 0.1) is 23.2 Å². The minimum absolute atomic E-state index is 0.00464. The highest BCUT2D eigenvalue weighted by Gasteiger charge is 2.62. The lowest BCUT2D eigenvalue weighted by atomic mass is 9.55. The Morgan fingerprint density at radius 3 is 2.58 bits per heavy atom. The number of halogens is 1. The molecule has 7 atom stereocenters. The third-order valence-electron chi connectivity index (χ3n) is 9.45. The summed E-state index contributed by atoms with van der Waals surface area (Å²) in [6, 6.07) is 9.52. The minimum Gasteiger partial charge on any atom is -0.458 e. The van der Waals surface area contributed by atoms with Crippen molar-refractivity contribution in [3.8, 4) is 0 Å². The summed E-state index contributed by atoms with van der Waals surface area (Å²) in [6.07, 6.45) is 7.83. The van der Waals surface area contributed by atoms with Crippen LogP contribution in [0.25, 0.3) is 0 Å². The SMILES string of the molecule is C[C@]12CC[C@H]3[C@@H](CCC(=O)N4[C@H](CCl)CC[C@]34C)[C@@H]1CC[C@@H]2OC(=O)c1ccccc1. The smallest absolute Gasteiger partial charge is 0.338 e. The highest BCUT2D eigenvalue weighted by Crippen LogP contribution is 2.62. The molecule has 0 bridgehead atoms. The normalized spacial score (nSPS) is 41.8. The molecule has 2 heterocycles. The van der Waals surface area contributed by atoms with E-state index in [1.165, 1.54) is 0 Å². The fourth-order valence-corrected chi connectivity index (χ4v) is 8.21. The molecule has 2 saturated heterocycles. The lowest BCUT2D eigenvalue weighted by Crippen LogP contribution is -2.56. The first-order valence-electron chi connectivity index (χ1n) is 12.0. The molecular weight excluding hydrogens is 410 g/mol. The average molecular weight is 444 g/mol. The third kappa shape index (κ3) is 3.23. The van der Waals surface area contributed by atoms with Crippen molar-refractivity contribution < 1.29 is 14.3 Å². The second-order valence-corrected chi connectivity index (χ2v) is 11.1. The first-order chi connectivity index (χ1) is 14.9. The molecule has 5 rings (SSSR count). The summed E-state index contributed by atoms with van der Waals surface area (Å²) in [5.41, 5.74) is 0.562. The van der Waals surface area contributed by atoms with Crippen LogP contribution in [0.2, 0.25) is 0 Å². The quantitative estimate of drug-likeness (QED) is 0.461. The summed E-state index contributed by atoms with van der Waals surface area (Å²) >= 11 is 6.27. The van der Waals surface area contributed by atoms with Crippen LogP contribution in [-0.2, 0) is 9.53 Å². The highest BCUT2D eigenvalue weighted by atomic mass is 35.5. The number of carbonyl (C=O) groups is 2. The number of hydrogen-bond acceptors (Lipinski definition) is 3. The predicted molar refractivity (Wildman–Crippen MR) is 121 cm³/mol. The summed E-state index contributed by atoms with van der Waals surface area (Å²) in [5, 5.41) is 0. The standard InChI is InChI=1S/C26H34ClNO3/c1-25-14-13-21-19(8-11-23(29)28-18(16-27)12-15-26(21,28)2)20(25)9-10-22(25)31-24(30)17-6-4-3-5-7-17/h3-7,18-22H,8-16H2,1-2H3/t18-,19-,20-,21-,22-,25-,26+/m0/s1. The molecule has 5 heteroatoms. The summed E-state index contributed by atoms with van der Waals surface area (Å²) in [5.74, 6) is 2.19. The van der Waals surface area contributed by atoms with Crippen LogP contribution < -0.4 is 0 Å². The third-order valence-corrected chi connectivity index (χ3v) is 9.80. The second kappa shape index (κ2) is 7.79. The Labute approximate surface area is 190 Å². The molecule has 31 heavy (non-hydrogen) atoms. The van der Waals surface area contributed by atoms with Crippen molar-refractivity contribution in [2.24, 2.45) is 23.2 Å². The van der Waals surface area contributed by atoms with Crippen LogP contribution in [0.3, 0.4) is 0 Å². The number of rotatable bonds is 3. The molecule has 1 aromatic rings. The fourth-order valence-electron chi connectivity index (χ4n) is 7.91. The lowest BCUT2D eigenvalue weighted by molar-refractivity contribution is -0.138. The van der Waals surface area contributed by atoms with E-state index < -0.39 is 0 Å². The molecule has 2 aliphatic heterocycles. The van der Waals surface area contributed by atoms with Gasteiger partial charge in [-0.25, -0.2) is 4.79 Å². The van der Waals surface area contributed by atoms with E-state index in [2.05, 4.69) is 18.7 Å². The maximum absolute atomic E-state index is 13.2. The highest BCUT2D eigenvalue weighted by molar-refractivity contribution is 6.18. The second-order valence-electron chi connectivity index (χ2n) is 10.8. The number of benzene rings is 1. The average Bonchev–Trinajstić information content (AvgIpc) is 3.26. The van der Waals surface area contributed by atoms with Crippen LogP contribution in [-0.4, -0.2) is 40.3 Å². The largest absolute Gasteiger partial charge is 0.458 e. The molecule has 4 aliphatic rings. The molecule has 1 aromatic carbocycles. The van der Waals surface area contributed by atoms with Crippen molar-refractivity contribution in [3.63, 3.8) is 0 Å². The van der Waals surface area contributed by atoms with Gasteiger partial charge in [0.25, 0.3) is 0 Å². The van der Waals surface area contributed by atoms with Crippen LogP contribution >= 0.6 is 11.6 Å². The van der Waals surface area contributed by atoms with Gasteiger partial charge in [0.2, 0.25) is 5.91 Å². The zero-order chi connectivity index (χ0) is 21.8. The van der Waals surface area contributed by atoms with Crippen molar-refractivity contribution in [1.82, 2.24) is 4.90 Å². The van der Waals surface area contributed by atoms with E-state index in [1.807, 2.05) is 30.3 Å². The maximum atomic E-state index is 13.2. The van der Waals surface area contributed by atoms with Gasteiger partial charge in [-0.3, -0.25) is 4.79 Å². The van der Waals surface area contributed by atoms with Gasteiger partial charge in [-0.1, -0.05) is 25.1 Å². The monoisotopic (exact) mass is 443 g/mol. The molecule has 168 valence electrons. The van der Waals surface area contributed by atoms with E-state index in [9.17, 15) is 9.59 Å². The summed E-state index contributed by atoms with van der Waals surface area (Å²) in [6.45, 7) is 4.66. The van der Waals surface area contributed by atoms with E-state index in [0.29, 0.717) is 41.5 Å². The van der Waals surface area contributed by atoms with Crippen molar-refractivity contribution in [1.29, 1.82) is 0 Å². The van der Waals surface area contributed by atoms with E-state index in [1.54, 1.807) is 0 Å². The van der Waals surface area contributed by atoms with Crippen molar-refractivity contribution in [2.75, 3.05) is 5.88 Å². The van der Waals surface area contributed by atoms with Crippen LogP contribution in [0.5, 0.6) is 0 Å². The summed E-state index contributed by atoms with van der Waals surface area (Å²) in [7, 11) is 0. The number of alkyl halides is 1. The van der Waals surface area contributed by atoms with Gasteiger partial charge in [-0.05, 0) is 81.8 Å². The number of ether oxygens (including phenoxy) is 1. The Bertz CT molecular complexity index is 859. The van der Waals surface area contributed by atoms with Gasteiger partial charge in [0, 0.05) is 29.3 Å². The Kier molecular flexibility index (Phi) is 5.36.